The third kappa shape index (κ3) is 21.0. The number of fused-ring (bicyclic) bond motifs is 11. The van der Waals surface area contributed by atoms with Crippen LogP contribution in [-0.4, -0.2) is 117 Å². The van der Waals surface area contributed by atoms with Gasteiger partial charge in [-0.2, -0.15) is 34.3 Å². The van der Waals surface area contributed by atoms with E-state index in [1.165, 1.54) is 54.9 Å². The molecule has 32 heteroatoms. The summed E-state index contributed by atoms with van der Waals surface area (Å²) in [4.78, 5) is 111. The van der Waals surface area contributed by atoms with Crippen LogP contribution >= 0.6 is 34.3 Å². The molecule has 100 heavy (non-hydrogen) atoms. The normalized spacial score (nSPS) is 11.2. The van der Waals surface area contributed by atoms with Crippen molar-refractivity contribution in [3.63, 3.8) is 0 Å². The summed E-state index contributed by atoms with van der Waals surface area (Å²) in [6.07, 6.45) is 3.22. The molecule has 0 bridgehead atoms. The van der Waals surface area contributed by atoms with Crippen LogP contribution in [0.1, 0.15) is 22.5 Å². The van der Waals surface area contributed by atoms with Crippen LogP contribution in [0, 0.1) is 0 Å². The second-order valence-corrected chi connectivity index (χ2v) is 24.4. The van der Waals surface area contributed by atoms with E-state index in [0.717, 1.165) is 132 Å². The zero-order valence-electron chi connectivity index (χ0n) is 53.2. The van der Waals surface area contributed by atoms with Crippen LogP contribution in [0.4, 0.5) is 19.2 Å². The second-order valence-electron chi connectivity index (χ2n) is 20.6. The van der Waals surface area contributed by atoms with Crippen molar-refractivity contribution in [1.29, 1.82) is 0 Å². The van der Waals surface area contributed by atoms with Crippen molar-refractivity contribution in [3.05, 3.63) is 191 Å². The van der Waals surface area contributed by atoms with Crippen LogP contribution in [0.25, 0.3) is 133 Å². The number of benzene rings is 8. The van der Waals surface area contributed by atoms with E-state index >= 15 is 0 Å². The van der Waals surface area contributed by atoms with Crippen molar-refractivity contribution in [2.75, 3.05) is 28.4 Å². The molecule has 8 aromatic carbocycles. The van der Waals surface area contributed by atoms with E-state index < -0.39 is 24.4 Å². The Morgan fingerprint density at radius 2 is 0.710 bits per heavy atom. The number of hydrogen-bond donors (Lipinski definition) is 4. The molecule has 500 valence electrons. The zero-order chi connectivity index (χ0) is 68.4. The summed E-state index contributed by atoms with van der Waals surface area (Å²) in [7, 11) is 4.35. The van der Waals surface area contributed by atoms with Gasteiger partial charge in [0.1, 0.15) is 0 Å². The molecular formula is C68H56N12O12P4V4. The molecule has 4 amide bonds. The molecule has 4 aromatic heterocycles. The van der Waals surface area contributed by atoms with Crippen molar-refractivity contribution in [2.45, 2.75) is 25.7 Å². The standard InChI is InChI=1S/2C30H20N4O2P2.4C2H5NO2.4V/c35-15-37-29-31-14-27(33-29)22-4-3-18-11-17(1-2-19(18)13-22)20-5-7-23-21(12-20)6-8-25-24(23)9-10-26-28(25)34-30(32-26)38-16-36;35-15-37-29-31-14-27(33-29)23-6-5-18-9-17(1-2-19(18)10-23)20-3-4-21-13-25-22(12-24(21)11-20)7-8-26-28(25)34-30(32-26)38-16-36;4*1-5-2(3)4;;;;/h1-8,11-14,37-38H,9-10H2,(H,31,33)(H,32,34);1-6,9-14,37-38H,7-8H2,(H,31,33)(H,32,34);4*1H3,(H2,3,4);;;;/q2*-2;;;;;4*+2/p-4. The van der Waals surface area contributed by atoms with E-state index in [9.17, 15) is 38.4 Å². The van der Waals surface area contributed by atoms with Gasteiger partial charge in [-0.25, -0.2) is 44.0 Å². The number of amides is 4. The SMILES string of the molecule is COC([NH-])=O.COC([NH-])=O.COC([NH-])=O.COC([NH-])=O.O=[C-]Pc1ncc(-c2ccc3cc(-c4ccc5c6c(ccc5c4)-c4nc(P[C-]=O)[nH]c4CC6)ccc3c2)[nH]1.O=[C-]Pc1ncc(-c2ccc3cc(-c4ccc5cc6c(cc5c4)CCc4[nH]c(P[C-]=O)nc4-6)ccc3c2)[nH]1.[V+2].[V+2].[V+2].[V+2]. The Hall–Kier alpha value is -8.54. The molecule has 0 aliphatic heterocycles. The first-order valence-electron chi connectivity index (χ1n) is 28.7. The Bertz CT molecular complexity index is 4680. The van der Waals surface area contributed by atoms with Crippen LogP contribution in [0.3, 0.4) is 0 Å². The first kappa shape index (κ1) is 82.1. The minimum Gasteiger partial charge on any atom is -0.632 e. The van der Waals surface area contributed by atoms with Crippen LogP contribution in [0.5, 0.6) is 0 Å². The number of aromatic amines is 4. The number of aryl methyl sites for hydroxylation is 4. The van der Waals surface area contributed by atoms with Crippen molar-refractivity contribution in [2.24, 2.45) is 0 Å². The summed E-state index contributed by atoms with van der Waals surface area (Å²) in [6, 6.07) is 55.6. The van der Waals surface area contributed by atoms with Crippen LogP contribution < -0.4 is 22.3 Å². The molecule has 14 rings (SSSR count). The average Bonchev–Trinajstić information content (AvgIpc) is 1.34. The van der Waals surface area contributed by atoms with E-state index in [2.05, 4.69) is 182 Å². The number of carbonyl (C=O) groups is 4. The maximum Gasteiger partial charge on any atom is 2.00 e. The number of aromatic nitrogens is 8. The smallest absolute Gasteiger partial charge is 0.632 e. The van der Waals surface area contributed by atoms with Gasteiger partial charge in [-0.3, -0.25) is 19.2 Å². The van der Waals surface area contributed by atoms with Gasteiger partial charge in [0.25, 0.3) is 0 Å². The van der Waals surface area contributed by atoms with Gasteiger partial charge in [0.15, 0.2) is 0 Å². The van der Waals surface area contributed by atoms with Crippen LogP contribution in [0.15, 0.2) is 146 Å². The first-order chi connectivity index (χ1) is 46.5. The average molecular weight is 1560 g/mol. The first-order valence-corrected chi connectivity index (χ1v) is 32.7. The molecule has 4 atom stereocenters. The maximum absolute atomic E-state index is 10.8. The topological polar surface area (TPSA) is 383 Å². The number of H-pyrrole nitrogens is 4. The Morgan fingerprint density at radius 3 is 1.12 bits per heavy atom. The quantitative estimate of drug-likeness (QED) is 0.0501. The van der Waals surface area contributed by atoms with Gasteiger partial charge in [-0.15, -0.1) is 0 Å². The number of nitrogens with one attached hydrogen (secondary N) is 8. The third-order valence-corrected chi connectivity index (χ3v) is 17.4. The number of nitrogens with zero attached hydrogens (tertiary/aromatic N) is 4. The summed E-state index contributed by atoms with van der Waals surface area (Å²) < 4.78 is 15.1. The monoisotopic (exact) mass is 1560 g/mol. The van der Waals surface area contributed by atoms with Crippen LogP contribution in [0.2, 0.25) is 0 Å². The molecule has 4 unspecified atom stereocenters. The molecule has 0 saturated heterocycles. The predicted molar refractivity (Wildman–Crippen MR) is 380 cm³/mol. The number of ether oxygens (including phenoxy) is 4. The number of imidazole rings is 4. The van der Waals surface area contributed by atoms with E-state index in [-0.39, 0.29) is 109 Å². The number of hydrogen-bond acceptors (Lipinski definition) is 16. The fourth-order valence-electron chi connectivity index (χ4n) is 10.7. The molecule has 4 heterocycles. The Kier molecular flexibility index (Phi) is 32.4. The molecule has 4 radical (unpaired) electrons. The molecule has 2 aliphatic rings. The van der Waals surface area contributed by atoms with E-state index in [4.69, 9.17) is 32.9 Å². The third-order valence-electron chi connectivity index (χ3n) is 15.1. The van der Waals surface area contributed by atoms with Crippen LogP contribution in [-0.2, 0) is 138 Å². The van der Waals surface area contributed by atoms with Crippen molar-refractivity contribution < 1.29 is 132 Å². The fraction of sp³-hybridized carbons (Fsp3) is 0.118. The fourth-order valence-corrected chi connectivity index (χ4v) is 12.5. The van der Waals surface area contributed by atoms with Gasteiger partial charge in [-0.1, -0.05) is 91.0 Å². The predicted octanol–water partition coefficient (Wildman–Crippen LogP) is 13.8. The number of methoxy groups -OCH3 is 4. The largest absolute Gasteiger partial charge is 2.00 e. The van der Waals surface area contributed by atoms with Gasteiger partial charge in [0.2, 0.25) is 24.4 Å². The van der Waals surface area contributed by atoms with Gasteiger partial charge < -0.3 is 81.0 Å². The van der Waals surface area contributed by atoms with Gasteiger partial charge in [-0.05, 0) is 145 Å². The summed E-state index contributed by atoms with van der Waals surface area (Å²) in [5.74, 6) is 0. The Labute approximate surface area is 627 Å². The molecule has 2 aliphatic carbocycles. The molecule has 24 nitrogen and oxygen atoms in total. The van der Waals surface area contributed by atoms with Crippen molar-refractivity contribution >= 4 is 148 Å². The van der Waals surface area contributed by atoms with E-state index in [1.807, 2.05) is 24.1 Å². The van der Waals surface area contributed by atoms with Gasteiger partial charge in [0.05, 0.1) is 85.9 Å². The van der Waals surface area contributed by atoms with E-state index in [1.54, 1.807) is 12.4 Å². The summed E-state index contributed by atoms with van der Waals surface area (Å²) in [5, 5.41) is 9.45. The Morgan fingerprint density at radius 1 is 0.380 bits per heavy atom. The van der Waals surface area contributed by atoms with Crippen molar-refractivity contribution in [1.82, 2.24) is 39.9 Å². The van der Waals surface area contributed by atoms with Gasteiger partial charge in [0, 0.05) is 33.6 Å². The molecule has 12 aromatic rings. The second kappa shape index (κ2) is 39.5. The summed E-state index contributed by atoms with van der Waals surface area (Å²) in [5.41, 5.74) is 44.2. The summed E-state index contributed by atoms with van der Waals surface area (Å²) in [6.45, 7) is 0. The molecule has 0 spiro atoms. The zero-order valence-corrected chi connectivity index (χ0v) is 62.7. The summed E-state index contributed by atoms with van der Waals surface area (Å²) >= 11 is 0. The molecule has 0 saturated carbocycles. The number of carbonyl (C=O) groups excluding carboxylic acids is 8. The molecule has 0 fully saturated rings. The molecule has 8 N–H and O–H groups in total. The Balaban J connectivity index is 0.000000275. The minimum atomic E-state index is -0.995. The van der Waals surface area contributed by atoms with Gasteiger partial charge >= 0.3 is 74.2 Å². The van der Waals surface area contributed by atoms with E-state index in [0.29, 0.717) is 22.3 Å². The maximum atomic E-state index is 10.8. The molecular weight excluding hydrogens is 1500 g/mol. The number of rotatable bonds is 12. The van der Waals surface area contributed by atoms with Crippen molar-refractivity contribution in [3.8, 4) is 67.3 Å². The minimum absolute atomic E-state index is 0.